The summed E-state index contributed by atoms with van der Waals surface area (Å²) in [7, 11) is 0. The van der Waals surface area contributed by atoms with Crippen molar-refractivity contribution in [1.29, 1.82) is 0 Å². The molecular weight excluding hydrogens is 407 g/mol. The van der Waals surface area contributed by atoms with Gasteiger partial charge in [0, 0.05) is 30.6 Å². The Kier molecular flexibility index (Phi) is 6.45. The van der Waals surface area contributed by atoms with Gasteiger partial charge < -0.3 is 20.5 Å². The molecule has 6 nitrogen and oxygen atoms in total. The molecule has 0 saturated carbocycles. The molecule has 0 fully saturated rings. The topological polar surface area (TPSA) is 81.8 Å². The van der Waals surface area contributed by atoms with Crippen LogP contribution in [0.2, 0.25) is 0 Å². The van der Waals surface area contributed by atoms with E-state index in [1.54, 1.807) is 12.4 Å². The Morgan fingerprint density at radius 1 is 1.22 bits per heavy atom. The molecule has 1 aromatic carbocycles. The molecule has 1 aliphatic rings. The third-order valence-electron chi connectivity index (χ3n) is 3.17. The van der Waals surface area contributed by atoms with E-state index in [0.29, 0.717) is 25.7 Å². The first-order valence-electron chi connectivity index (χ1n) is 7.17. The minimum absolute atomic E-state index is 0. The van der Waals surface area contributed by atoms with Crippen molar-refractivity contribution in [2.24, 2.45) is 10.7 Å². The lowest BCUT2D eigenvalue weighted by atomic mass is 10.2. The Balaban J connectivity index is 0.00000192. The summed E-state index contributed by atoms with van der Waals surface area (Å²) in [4.78, 5) is 8.33. The minimum Gasteiger partial charge on any atom is -0.490 e. The van der Waals surface area contributed by atoms with Gasteiger partial charge in [-0.1, -0.05) is 6.07 Å². The van der Waals surface area contributed by atoms with Crippen LogP contribution in [0.15, 0.2) is 47.7 Å². The maximum absolute atomic E-state index is 5.91. The minimum atomic E-state index is 0. The van der Waals surface area contributed by atoms with Gasteiger partial charge in [0.15, 0.2) is 17.5 Å². The Bertz CT molecular complexity index is 664. The Labute approximate surface area is 152 Å². The maximum atomic E-state index is 5.91. The number of pyridine rings is 1. The zero-order valence-electron chi connectivity index (χ0n) is 12.6. The Morgan fingerprint density at radius 3 is 2.83 bits per heavy atom. The van der Waals surface area contributed by atoms with E-state index in [0.717, 1.165) is 29.2 Å². The van der Waals surface area contributed by atoms with Gasteiger partial charge in [0.25, 0.3) is 0 Å². The third-order valence-corrected chi connectivity index (χ3v) is 3.17. The van der Waals surface area contributed by atoms with Crippen LogP contribution in [-0.4, -0.2) is 24.2 Å². The van der Waals surface area contributed by atoms with Crippen molar-refractivity contribution in [3.05, 3.63) is 48.3 Å². The predicted molar refractivity (Wildman–Crippen MR) is 101 cm³/mol. The molecule has 0 aliphatic carbocycles. The van der Waals surface area contributed by atoms with Crippen LogP contribution in [0.3, 0.4) is 0 Å². The second-order valence-corrected chi connectivity index (χ2v) is 4.90. The van der Waals surface area contributed by atoms with Gasteiger partial charge in [-0.15, -0.1) is 24.0 Å². The van der Waals surface area contributed by atoms with E-state index in [1.165, 1.54) is 0 Å². The molecule has 0 radical (unpaired) electrons. The molecule has 2 aromatic rings. The van der Waals surface area contributed by atoms with Gasteiger partial charge in [-0.2, -0.15) is 0 Å². The zero-order chi connectivity index (χ0) is 15.2. The van der Waals surface area contributed by atoms with Crippen molar-refractivity contribution in [3.8, 4) is 11.5 Å². The summed E-state index contributed by atoms with van der Waals surface area (Å²) >= 11 is 0. The van der Waals surface area contributed by atoms with Crippen LogP contribution in [0.5, 0.6) is 11.5 Å². The van der Waals surface area contributed by atoms with Crippen LogP contribution in [0, 0.1) is 0 Å². The fraction of sp³-hybridized carbons (Fsp3) is 0.250. The molecule has 0 amide bonds. The fourth-order valence-electron chi connectivity index (χ4n) is 2.10. The number of guanidine groups is 1. The summed E-state index contributed by atoms with van der Waals surface area (Å²) < 4.78 is 11.2. The van der Waals surface area contributed by atoms with E-state index in [1.807, 2.05) is 30.3 Å². The van der Waals surface area contributed by atoms with Crippen LogP contribution in [-0.2, 0) is 6.54 Å². The highest BCUT2D eigenvalue weighted by molar-refractivity contribution is 14.0. The number of hydrogen-bond acceptors (Lipinski definition) is 4. The summed E-state index contributed by atoms with van der Waals surface area (Å²) in [6.45, 7) is 1.81. The maximum Gasteiger partial charge on any atom is 0.193 e. The molecule has 0 spiro atoms. The highest BCUT2D eigenvalue weighted by Gasteiger charge is 2.10. The average Bonchev–Trinajstić information content (AvgIpc) is 2.79. The van der Waals surface area contributed by atoms with Gasteiger partial charge in [0.1, 0.15) is 0 Å². The molecule has 23 heavy (non-hydrogen) atoms. The van der Waals surface area contributed by atoms with Gasteiger partial charge in [-0.25, -0.2) is 4.99 Å². The molecule has 2 heterocycles. The third kappa shape index (κ3) is 4.98. The highest BCUT2D eigenvalue weighted by atomic mass is 127. The van der Waals surface area contributed by atoms with Gasteiger partial charge >= 0.3 is 0 Å². The summed E-state index contributed by atoms with van der Waals surface area (Å²) in [5, 5.41) is 3.05. The molecule has 122 valence electrons. The molecule has 3 N–H and O–H groups in total. The number of rotatable bonds is 3. The number of halogens is 1. The Morgan fingerprint density at radius 2 is 2.04 bits per heavy atom. The lowest BCUT2D eigenvalue weighted by Crippen LogP contribution is -2.22. The number of nitrogens with zero attached hydrogens (tertiary/aromatic N) is 2. The van der Waals surface area contributed by atoms with Crippen LogP contribution in [0.4, 0.5) is 5.69 Å². The first-order valence-corrected chi connectivity index (χ1v) is 7.17. The van der Waals surface area contributed by atoms with E-state index >= 15 is 0 Å². The van der Waals surface area contributed by atoms with E-state index < -0.39 is 0 Å². The number of aromatic nitrogens is 1. The van der Waals surface area contributed by atoms with Crippen LogP contribution in [0.25, 0.3) is 0 Å². The van der Waals surface area contributed by atoms with Crippen LogP contribution < -0.4 is 20.5 Å². The molecule has 0 bridgehead atoms. The van der Waals surface area contributed by atoms with Gasteiger partial charge in [-0.05, 0) is 23.8 Å². The predicted octanol–water partition coefficient (Wildman–Crippen LogP) is 2.79. The van der Waals surface area contributed by atoms with Gasteiger partial charge in [0.05, 0.1) is 19.8 Å². The highest BCUT2D eigenvalue weighted by Crippen LogP contribution is 2.32. The number of nitrogens with two attached hydrogens (primary N) is 1. The van der Waals surface area contributed by atoms with Gasteiger partial charge in [-0.3, -0.25) is 4.98 Å². The summed E-state index contributed by atoms with van der Waals surface area (Å²) in [5.74, 6) is 1.83. The van der Waals surface area contributed by atoms with Crippen LogP contribution >= 0.6 is 24.0 Å². The molecule has 3 rings (SSSR count). The first kappa shape index (κ1) is 17.3. The molecule has 1 aromatic heterocycles. The van der Waals surface area contributed by atoms with E-state index in [9.17, 15) is 0 Å². The van der Waals surface area contributed by atoms with E-state index in [2.05, 4.69) is 15.3 Å². The summed E-state index contributed by atoms with van der Waals surface area (Å²) in [6.07, 6.45) is 4.38. The Hall–Kier alpha value is -2.03. The fourth-order valence-corrected chi connectivity index (χ4v) is 2.10. The molecule has 0 atom stereocenters. The van der Waals surface area contributed by atoms with E-state index in [-0.39, 0.29) is 24.0 Å². The van der Waals surface area contributed by atoms with Crippen molar-refractivity contribution in [3.63, 3.8) is 0 Å². The SMILES string of the molecule is I.NC(=NCc1cccnc1)Nc1ccc2c(c1)OCCCO2. The monoisotopic (exact) mass is 426 g/mol. The van der Waals surface area contributed by atoms with Crippen molar-refractivity contribution < 1.29 is 9.47 Å². The molecular formula is C16H19IN4O2. The quantitative estimate of drug-likeness (QED) is 0.448. The smallest absolute Gasteiger partial charge is 0.193 e. The second-order valence-electron chi connectivity index (χ2n) is 4.90. The standard InChI is InChI=1S/C16H18N4O2.HI/c17-16(19-11-12-3-1-6-18-10-12)20-13-4-5-14-15(9-13)22-8-2-7-21-14;/h1,3-6,9-10H,2,7-8,11H2,(H3,17,19,20);1H. The van der Waals surface area contributed by atoms with Crippen molar-refractivity contribution >= 4 is 35.6 Å². The summed E-state index contributed by atoms with van der Waals surface area (Å²) in [5.41, 5.74) is 7.73. The zero-order valence-corrected chi connectivity index (χ0v) is 14.9. The first-order chi connectivity index (χ1) is 10.8. The largest absolute Gasteiger partial charge is 0.490 e. The number of ether oxygens (including phenoxy) is 2. The lowest BCUT2D eigenvalue weighted by molar-refractivity contribution is 0.297. The molecule has 0 unspecified atom stereocenters. The number of nitrogens with one attached hydrogen (secondary N) is 1. The van der Waals surface area contributed by atoms with E-state index in [4.69, 9.17) is 15.2 Å². The van der Waals surface area contributed by atoms with Crippen LogP contribution in [0.1, 0.15) is 12.0 Å². The second kappa shape index (κ2) is 8.56. The summed E-state index contributed by atoms with van der Waals surface area (Å²) in [6, 6.07) is 9.46. The average molecular weight is 426 g/mol. The number of anilines is 1. The lowest BCUT2D eigenvalue weighted by Gasteiger charge is -2.10. The number of benzene rings is 1. The number of hydrogen-bond donors (Lipinski definition) is 2. The van der Waals surface area contributed by atoms with Crippen molar-refractivity contribution in [2.45, 2.75) is 13.0 Å². The normalized spacial score (nSPS) is 13.7. The van der Waals surface area contributed by atoms with Crippen molar-refractivity contribution in [2.75, 3.05) is 18.5 Å². The molecule has 0 saturated heterocycles. The van der Waals surface area contributed by atoms with Gasteiger partial charge in [0.2, 0.25) is 0 Å². The number of aliphatic imine (C=N–C) groups is 1. The number of fused-ring (bicyclic) bond motifs is 1. The molecule has 1 aliphatic heterocycles. The van der Waals surface area contributed by atoms with Crippen molar-refractivity contribution in [1.82, 2.24) is 4.98 Å². The molecule has 7 heteroatoms.